The van der Waals surface area contributed by atoms with Crippen LogP contribution in [0.3, 0.4) is 0 Å². The zero-order valence-corrected chi connectivity index (χ0v) is 24.0. The number of carboxylic acids is 2. The van der Waals surface area contributed by atoms with Crippen molar-refractivity contribution >= 4 is 147 Å². The molecular weight excluding hydrogens is 963 g/mol. The van der Waals surface area contributed by atoms with Crippen molar-refractivity contribution in [3.05, 3.63) is 0 Å². The van der Waals surface area contributed by atoms with E-state index in [9.17, 15) is 9.59 Å². The van der Waals surface area contributed by atoms with Crippen LogP contribution in [0.2, 0.25) is 0 Å². The largest absolute Gasteiger partial charge is 0.481 e. The van der Waals surface area contributed by atoms with E-state index < -0.39 is 11.9 Å². The van der Waals surface area contributed by atoms with E-state index in [0.29, 0.717) is 0 Å². The first-order valence-corrected chi connectivity index (χ1v) is 9.88. The second kappa shape index (κ2) is 12.5. The van der Waals surface area contributed by atoms with Crippen LogP contribution < -0.4 is 0 Å². The van der Waals surface area contributed by atoms with Gasteiger partial charge in [-0.3, -0.25) is 9.59 Å². The van der Waals surface area contributed by atoms with Gasteiger partial charge in [-0.25, -0.2) is 0 Å². The van der Waals surface area contributed by atoms with Crippen LogP contribution in [0.4, 0.5) is 0 Å². The molecule has 0 aliphatic rings. The van der Waals surface area contributed by atoms with Crippen molar-refractivity contribution in [2.45, 2.75) is 11.7 Å². The number of aliphatic carboxylic acids is 2. The van der Waals surface area contributed by atoms with Crippen molar-refractivity contribution in [2.75, 3.05) is 0 Å². The second-order valence-electron chi connectivity index (χ2n) is 2.37. The average molecular weight is 969 g/mol. The predicted octanol–water partition coefficient (Wildman–Crippen LogP) is 4.84. The molecule has 0 unspecified atom stereocenters. The molecule has 0 aliphatic carbocycles. The Hall–Kier alpha value is 3.94. The molecule has 0 bridgehead atoms. The van der Waals surface area contributed by atoms with E-state index in [1.54, 1.807) is 0 Å². The first kappa shape index (κ1) is 25.9. The minimum absolute atomic E-state index is 0. The van der Waals surface area contributed by atoms with Gasteiger partial charge in [-0.05, 0) is 0 Å². The fourth-order valence-electron chi connectivity index (χ4n) is 0.343. The number of hydrogen-bond acceptors (Lipinski definition) is 2. The molecule has 17 heavy (non-hydrogen) atoms. The van der Waals surface area contributed by atoms with Crippen molar-refractivity contribution in [3.8, 4) is 0 Å². The predicted molar refractivity (Wildman–Crippen MR) is 114 cm³/mol. The molecule has 0 aromatic rings. The summed E-state index contributed by atoms with van der Waals surface area (Å²) in [6.45, 7) is 0. The minimum Gasteiger partial charge on any atom is -0.481 e. The van der Waals surface area contributed by atoms with Gasteiger partial charge in [0.15, 0.2) is 0 Å². The normalized spacial score (nSPS) is 10.7. The van der Waals surface area contributed by atoms with Gasteiger partial charge in [0.1, 0.15) is -1.13 Å². The summed E-state index contributed by atoms with van der Waals surface area (Å²) < 4.78 is -0.335. The Kier molecular flexibility index (Phi) is 19.0. The van der Waals surface area contributed by atoms with E-state index in [1.165, 1.54) is 0 Å². The maximum absolute atomic E-state index is 10.0. The van der Waals surface area contributed by atoms with Crippen LogP contribution >= 0.6 is 136 Å². The molecular formula is C6H6I6O4Zn. The Labute approximate surface area is 194 Å². The van der Waals surface area contributed by atoms with Crippen molar-refractivity contribution in [1.82, 2.24) is 0 Å². The first-order chi connectivity index (χ1) is 6.83. The van der Waals surface area contributed by atoms with E-state index in [0.717, 1.165) is 0 Å². The molecule has 0 aliphatic heterocycles. The molecule has 0 heterocycles. The van der Waals surface area contributed by atoms with Gasteiger partial charge in [0.25, 0.3) is 0 Å². The monoisotopic (exact) mass is 967 g/mol. The van der Waals surface area contributed by atoms with Crippen molar-refractivity contribution < 1.29 is 39.3 Å². The molecule has 2 N–H and O–H groups in total. The molecule has 0 radical (unpaired) electrons. The van der Waals surface area contributed by atoms with E-state index in [4.69, 9.17) is 10.2 Å². The zero-order chi connectivity index (χ0) is 13.6. The number of rotatable bonds is 4. The Morgan fingerprint density at radius 2 is 0.941 bits per heavy atom. The maximum Gasteiger partial charge on any atom is 0.306 e. The summed E-state index contributed by atoms with van der Waals surface area (Å²) in [5, 5.41) is 16.5. The van der Waals surface area contributed by atoms with Gasteiger partial charge in [-0.2, -0.15) is 0 Å². The summed E-state index contributed by atoms with van der Waals surface area (Å²) in [5.74, 6) is -1.49. The number of carbonyl (C=O) groups is 2. The number of carboxylic acid groups (broad SMARTS) is 2. The quantitative estimate of drug-likeness (QED) is 0.241. The summed E-state index contributed by atoms with van der Waals surface area (Å²) in [6, 6.07) is 0. The molecule has 0 aromatic heterocycles. The van der Waals surface area contributed by atoms with Gasteiger partial charge >= 0.3 is 11.9 Å². The summed E-state index contributed by atoms with van der Waals surface area (Å²) >= 11 is 12.5. The van der Waals surface area contributed by atoms with Crippen molar-refractivity contribution in [1.29, 1.82) is 0 Å². The third-order valence-electron chi connectivity index (χ3n) is 0.703. The molecule has 0 fully saturated rings. The summed E-state index contributed by atoms with van der Waals surface area (Å²) in [7, 11) is 0. The fraction of sp³-hybridized carbons (Fsp3) is 0.667. The number of halogens is 6. The first-order valence-electron chi connectivity index (χ1n) is 3.40. The molecule has 0 amide bonds. The third-order valence-corrected chi connectivity index (χ3v) is 2.99. The summed E-state index contributed by atoms with van der Waals surface area (Å²) in [4.78, 5) is 20.0. The van der Waals surface area contributed by atoms with E-state index in [2.05, 4.69) is 136 Å². The fourth-order valence-corrected chi connectivity index (χ4v) is 2.30. The third kappa shape index (κ3) is 33.0. The SMILES string of the molecule is O=C(O)CC(I)(I)I.O=C(O)CC(I)(I)I.[Zn]. The average Bonchev–Trinajstić information content (AvgIpc) is 1.72. The molecule has 0 aromatic carbocycles. The molecule has 0 spiro atoms. The van der Waals surface area contributed by atoms with Crippen LogP contribution in [0.15, 0.2) is 0 Å². The number of alkyl halides is 6. The van der Waals surface area contributed by atoms with Crippen LogP contribution in [0.25, 0.3) is 0 Å². The van der Waals surface area contributed by atoms with E-state index in [1.807, 2.05) is 0 Å². The van der Waals surface area contributed by atoms with Crippen molar-refractivity contribution in [2.24, 2.45) is 0 Å². The molecule has 4 nitrogen and oxygen atoms in total. The van der Waals surface area contributed by atoms with Crippen LogP contribution in [-0.2, 0) is 29.1 Å². The molecule has 0 saturated carbocycles. The summed E-state index contributed by atoms with van der Waals surface area (Å²) in [5.41, 5.74) is 0. The van der Waals surface area contributed by atoms with E-state index >= 15 is 0 Å². The molecule has 11 heteroatoms. The van der Waals surface area contributed by atoms with Gasteiger partial charge in [0.05, 0.1) is 12.8 Å². The smallest absolute Gasteiger partial charge is 0.306 e. The Morgan fingerprint density at radius 3 is 0.941 bits per heavy atom. The summed E-state index contributed by atoms with van der Waals surface area (Å²) in [6.07, 6.45) is 0.406. The second-order valence-corrected chi connectivity index (χ2v) is 25.8. The number of hydrogen-bond donors (Lipinski definition) is 2. The molecule has 0 rings (SSSR count). The van der Waals surface area contributed by atoms with Crippen LogP contribution in [0.1, 0.15) is 12.8 Å². The molecule has 98 valence electrons. The Morgan fingerprint density at radius 1 is 0.765 bits per heavy atom. The Bertz CT molecular complexity index is 222. The standard InChI is InChI=1S/2C3H3I3O2.Zn/c2*4-3(5,6)1-2(7)8;/h2*1H2,(H,7,8);. The van der Waals surface area contributed by atoms with Crippen LogP contribution in [-0.4, -0.2) is 21.0 Å². The molecule has 0 saturated heterocycles. The molecule has 0 atom stereocenters. The van der Waals surface area contributed by atoms with Crippen molar-refractivity contribution in [3.63, 3.8) is 0 Å². The minimum atomic E-state index is -0.747. The Balaban J connectivity index is -0.000000218. The van der Waals surface area contributed by atoms with Gasteiger partial charge in [0, 0.05) is 19.5 Å². The van der Waals surface area contributed by atoms with Gasteiger partial charge in [-0.1, -0.05) is 136 Å². The van der Waals surface area contributed by atoms with Gasteiger partial charge in [0.2, 0.25) is 0 Å². The van der Waals surface area contributed by atoms with Gasteiger partial charge in [-0.15, -0.1) is 0 Å². The topological polar surface area (TPSA) is 74.6 Å². The van der Waals surface area contributed by atoms with Crippen LogP contribution in [0, 0.1) is 0 Å². The van der Waals surface area contributed by atoms with Gasteiger partial charge < -0.3 is 10.2 Å². The zero-order valence-electron chi connectivity index (χ0n) is 8.10. The van der Waals surface area contributed by atoms with Crippen LogP contribution in [0.5, 0.6) is 0 Å². The van der Waals surface area contributed by atoms with E-state index in [-0.39, 0.29) is 31.2 Å². The maximum atomic E-state index is 10.0.